The third-order valence-electron chi connectivity index (χ3n) is 4.22. The molecule has 146 valence electrons. The average Bonchev–Trinajstić information content (AvgIpc) is 2.99. The third-order valence-corrected chi connectivity index (χ3v) is 4.48. The fraction of sp³-hybridized carbons (Fsp3) is 0.250. The lowest BCUT2D eigenvalue weighted by molar-refractivity contribution is -0.137. The minimum atomic E-state index is -4.37. The van der Waals surface area contributed by atoms with Crippen LogP contribution in [0.1, 0.15) is 37.5 Å². The molecule has 8 heteroatoms. The molecule has 0 saturated heterocycles. The predicted molar refractivity (Wildman–Crippen MR) is 106 cm³/mol. The molecule has 0 unspecified atom stereocenters. The van der Waals surface area contributed by atoms with Gasteiger partial charge in [-0.05, 0) is 40.9 Å². The highest BCUT2D eigenvalue weighted by molar-refractivity contribution is 7.71. The van der Waals surface area contributed by atoms with Crippen molar-refractivity contribution < 1.29 is 13.2 Å². The molecule has 0 atom stereocenters. The van der Waals surface area contributed by atoms with Crippen LogP contribution in [0.2, 0.25) is 0 Å². The molecule has 0 aliphatic heterocycles. The summed E-state index contributed by atoms with van der Waals surface area (Å²) in [6.07, 6.45) is -2.92. The van der Waals surface area contributed by atoms with Crippen LogP contribution in [0.3, 0.4) is 0 Å². The first-order chi connectivity index (χ1) is 13.1. The van der Waals surface area contributed by atoms with Gasteiger partial charge in [-0.15, -0.1) is 0 Å². The molecule has 0 bridgehead atoms. The first-order valence-corrected chi connectivity index (χ1v) is 8.96. The van der Waals surface area contributed by atoms with Gasteiger partial charge in [0.1, 0.15) is 0 Å². The fourth-order valence-electron chi connectivity index (χ4n) is 2.59. The minimum Gasteiger partial charge on any atom is -0.250 e. The summed E-state index contributed by atoms with van der Waals surface area (Å²) in [6.45, 7) is 6.39. The molecule has 1 aromatic heterocycles. The van der Waals surface area contributed by atoms with E-state index in [1.165, 1.54) is 28.6 Å². The standard InChI is InChI=1S/C20H19F3N4S/c1-19(2,3)15-10-6-14(7-11-15)17-25-26-18(28)27(17)24-12-13-4-8-16(9-5-13)20(21,22)23/h4-12H,1-3H3,(H,26,28)/b24-12+. The highest BCUT2D eigenvalue weighted by atomic mass is 32.1. The van der Waals surface area contributed by atoms with Gasteiger partial charge in [0, 0.05) is 5.56 Å². The van der Waals surface area contributed by atoms with E-state index in [4.69, 9.17) is 12.2 Å². The number of halogens is 3. The molecular formula is C20H19F3N4S. The van der Waals surface area contributed by atoms with Crippen LogP contribution in [-0.2, 0) is 11.6 Å². The summed E-state index contributed by atoms with van der Waals surface area (Å²) in [7, 11) is 0. The van der Waals surface area contributed by atoms with Crippen LogP contribution in [0.5, 0.6) is 0 Å². The van der Waals surface area contributed by atoms with Crippen LogP contribution in [-0.4, -0.2) is 21.1 Å². The van der Waals surface area contributed by atoms with Crippen molar-refractivity contribution in [3.05, 3.63) is 70.0 Å². The highest BCUT2D eigenvalue weighted by Gasteiger charge is 2.29. The molecule has 0 aliphatic carbocycles. The van der Waals surface area contributed by atoms with Crippen molar-refractivity contribution in [1.29, 1.82) is 0 Å². The van der Waals surface area contributed by atoms with Gasteiger partial charge < -0.3 is 0 Å². The topological polar surface area (TPSA) is 46.0 Å². The van der Waals surface area contributed by atoms with Crippen LogP contribution >= 0.6 is 12.2 Å². The Bertz CT molecular complexity index is 1040. The normalized spacial score (nSPS) is 12.6. The minimum absolute atomic E-state index is 0.0317. The second-order valence-corrected chi connectivity index (χ2v) is 7.74. The van der Waals surface area contributed by atoms with Crippen LogP contribution in [0.25, 0.3) is 11.4 Å². The molecular weight excluding hydrogens is 385 g/mol. The summed E-state index contributed by atoms with van der Waals surface area (Å²) in [5.41, 5.74) is 1.86. The first kappa shape index (κ1) is 20.0. The molecule has 0 aliphatic rings. The van der Waals surface area contributed by atoms with Gasteiger partial charge in [-0.2, -0.15) is 28.0 Å². The lowest BCUT2D eigenvalue weighted by atomic mass is 9.87. The number of hydrogen-bond donors (Lipinski definition) is 1. The molecule has 0 amide bonds. The second-order valence-electron chi connectivity index (χ2n) is 7.36. The van der Waals surface area contributed by atoms with E-state index >= 15 is 0 Å². The average molecular weight is 404 g/mol. The number of aromatic amines is 1. The Morgan fingerprint density at radius 3 is 2.07 bits per heavy atom. The van der Waals surface area contributed by atoms with Crippen LogP contribution in [0.15, 0.2) is 53.6 Å². The van der Waals surface area contributed by atoms with Gasteiger partial charge in [0.15, 0.2) is 5.82 Å². The smallest absolute Gasteiger partial charge is 0.250 e. The van der Waals surface area contributed by atoms with Gasteiger partial charge in [0.25, 0.3) is 0 Å². The van der Waals surface area contributed by atoms with Crippen molar-refractivity contribution in [1.82, 2.24) is 14.9 Å². The predicted octanol–water partition coefficient (Wildman–Crippen LogP) is 5.81. The van der Waals surface area contributed by atoms with Gasteiger partial charge in [-0.25, -0.2) is 5.10 Å². The van der Waals surface area contributed by atoms with Gasteiger partial charge in [-0.3, -0.25) is 0 Å². The van der Waals surface area contributed by atoms with E-state index < -0.39 is 11.7 Å². The molecule has 28 heavy (non-hydrogen) atoms. The Labute approximate surface area is 165 Å². The Morgan fingerprint density at radius 1 is 0.964 bits per heavy atom. The van der Waals surface area contributed by atoms with Crippen molar-refractivity contribution in [3.8, 4) is 11.4 Å². The SMILES string of the molecule is CC(C)(C)c1ccc(-c2n[nH]c(=S)n2/N=C/c2ccc(C(F)(F)F)cc2)cc1. The van der Waals surface area contributed by atoms with Crippen LogP contribution in [0, 0.1) is 4.77 Å². The molecule has 0 spiro atoms. The van der Waals surface area contributed by atoms with Crippen molar-refractivity contribution in [2.24, 2.45) is 5.10 Å². The first-order valence-electron chi connectivity index (χ1n) is 8.56. The Balaban J connectivity index is 1.89. The maximum absolute atomic E-state index is 12.7. The van der Waals surface area contributed by atoms with E-state index in [2.05, 4.69) is 36.1 Å². The monoisotopic (exact) mass is 404 g/mol. The summed E-state index contributed by atoms with van der Waals surface area (Å²) in [6, 6.07) is 12.7. The number of H-pyrrole nitrogens is 1. The Morgan fingerprint density at radius 2 is 1.54 bits per heavy atom. The van der Waals surface area contributed by atoms with Gasteiger partial charge in [0.05, 0.1) is 11.8 Å². The molecule has 3 aromatic rings. The maximum atomic E-state index is 12.7. The third kappa shape index (κ3) is 4.39. The van der Waals surface area contributed by atoms with E-state index in [0.29, 0.717) is 11.4 Å². The summed E-state index contributed by atoms with van der Waals surface area (Å²) in [5, 5.41) is 11.2. The summed E-state index contributed by atoms with van der Waals surface area (Å²) in [4.78, 5) is 0. The molecule has 4 nitrogen and oxygen atoms in total. The van der Waals surface area contributed by atoms with E-state index in [0.717, 1.165) is 17.7 Å². The molecule has 2 aromatic carbocycles. The van der Waals surface area contributed by atoms with Gasteiger partial charge in [-0.1, -0.05) is 57.2 Å². The number of hydrogen-bond acceptors (Lipinski definition) is 3. The quantitative estimate of drug-likeness (QED) is 0.443. The molecule has 3 rings (SSSR count). The second kappa shape index (κ2) is 7.35. The molecule has 1 N–H and O–H groups in total. The highest BCUT2D eigenvalue weighted by Crippen LogP contribution is 2.29. The lowest BCUT2D eigenvalue weighted by Gasteiger charge is -2.18. The number of rotatable bonds is 3. The number of benzene rings is 2. The zero-order valence-corrected chi connectivity index (χ0v) is 16.4. The molecule has 0 saturated carbocycles. The Kier molecular flexibility index (Phi) is 5.25. The largest absolute Gasteiger partial charge is 0.416 e. The zero-order chi connectivity index (χ0) is 20.5. The van der Waals surface area contributed by atoms with Crippen molar-refractivity contribution in [2.45, 2.75) is 32.4 Å². The zero-order valence-electron chi connectivity index (χ0n) is 15.6. The molecule has 1 heterocycles. The van der Waals surface area contributed by atoms with E-state index in [1.807, 2.05) is 24.3 Å². The van der Waals surface area contributed by atoms with E-state index in [1.54, 1.807) is 0 Å². The maximum Gasteiger partial charge on any atom is 0.416 e. The van der Waals surface area contributed by atoms with Crippen LogP contribution in [0.4, 0.5) is 13.2 Å². The molecule has 0 fully saturated rings. The number of aromatic nitrogens is 3. The summed E-state index contributed by atoms with van der Waals surface area (Å²) < 4.78 is 39.7. The van der Waals surface area contributed by atoms with Crippen molar-refractivity contribution in [2.75, 3.05) is 0 Å². The lowest BCUT2D eigenvalue weighted by Crippen LogP contribution is -2.10. The van der Waals surface area contributed by atoms with Gasteiger partial charge >= 0.3 is 6.18 Å². The number of nitrogens with one attached hydrogen (secondary N) is 1. The van der Waals surface area contributed by atoms with Gasteiger partial charge in [0.2, 0.25) is 4.77 Å². The van der Waals surface area contributed by atoms with E-state index in [-0.39, 0.29) is 10.2 Å². The molecule has 0 radical (unpaired) electrons. The Hall–Kier alpha value is -2.74. The van der Waals surface area contributed by atoms with Crippen LogP contribution < -0.4 is 0 Å². The number of nitrogens with zero attached hydrogens (tertiary/aromatic N) is 3. The number of alkyl halides is 3. The summed E-state index contributed by atoms with van der Waals surface area (Å²) in [5.74, 6) is 0.522. The van der Waals surface area contributed by atoms with Crippen molar-refractivity contribution >= 4 is 18.4 Å². The van der Waals surface area contributed by atoms with E-state index in [9.17, 15) is 13.2 Å². The van der Waals surface area contributed by atoms with Crippen molar-refractivity contribution in [3.63, 3.8) is 0 Å². The summed E-state index contributed by atoms with van der Waals surface area (Å²) >= 11 is 5.23. The fourth-order valence-corrected chi connectivity index (χ4v) is 2.77.